The number of Topliss-reactive ketones (excluding diaryl/α,β-unsaturated/α-hetero) is 1. The molecule has 0 saturated carbocycles. The number of thiophene rings is 2. The van der Waals surface area contributed by atoms with Crippen LogP contribution in [0.15, 0.2) is 40.2 Å². The summed E-state index contributed by atoms with van der Waals surface area (Å²) in [5, 5.41) is 12.9. The lowest BCUT2D eigenvalue weighted by molar-refractivity contribution is -0.118. The van der Waals surface area contributed by atoms with E-state index >= 15 is 0 Å². The Morgan fingerprint density at radius 3 is 2.77 bits per heavy atom. The van der Waals surface area contributed by atoms with E-state index in [0.717, 1.165) is 41.8 Å². The molecule has 2 aromatic heterocycles. The molecule has 0 aromatic carbocycles. The predicted octanol–water partition coefficient (Wildman–Crippen LogP) is 5.81. The fourth-order valence-corrected chi connectivity index (χ4v) is 7.86. The van der Waals surface area contributed by atoms with Gasteiger partial charge < -0.3 is 10.5 Å². The molecule has 1 aliphatic heterocycles. The second-order valence-corrected chi connectivity index (χ2v) is 12.2. The van der Waals surface area contributed by atoms with E-state index in [1.54, 1.807) is 18.3 Å². The lowest BCUT2D eigenvalue weighted by Gasteiger charge is -2.43. The van der Waals surface area contributed by atoms with Gasteiger partial charge in [0.05, 0.1) is 29.7 Å². The second-order valence-electron chi connectivity index (χ2n) is 10.1. The van der Waals surface area contributed by atoms with Gasteiger partial charge in [-0.25, -0.2) is 4.79 Å². The molecule has 0 saturated heterocycles. The van der Waals surface area contributed by atoms with Gasteiger partial charge in [0.15, 0.2) is 5.78 Å². The Hall–Kier alpha value is -2.89. The quantitative estimate of drug-likeness (QED) is 0.525. The summed E-state index contributed by atoms with van der Waals surface area (Å²) in [6.45, 7) is 6.24. The topological polar surface area (TPSA) is 96.4 Å². The molecular formula is C27H29N3O3S2. The van der Waals surface area contributed by atoms with Crippen molar-refractivity contribution < 1.29 is 14.3 Å². The van der Waals surface area contributed by atoms with Crippen molar-refractivity contribution in [1.82, 2.24) is 0 Å². The Labute approximate surface area is 213 Å². The summed E-state index contributed by atoms with van der Waals surface area (Å²) in [5.41, 5.74) is 9.92. The molecule has 2 aliphatic carbocycles. The first-order valence-electron chi connectivity index (χ1n) is 12.1. The first kappa shape index (κ1) is 23.8. The zero-order chi connectivity index (χ0) is 24.9. The smallest absolute Gasteiger partial charge is 0.341 e. The van der Waals surface area contributed by atoms with Gasteiger partial charge in [-0.3, -0.25) is 9.69 Å². The van der Waals surface area contributed by atoms with Crippen LogP contribution < -0.4 is 10.6 Å². The van der Waals surface area contributed by atoms with E-state index in [-0.39, 0.29) is 23.8 Å². The van der Waals surface area contributed by atoms with E-state index in [0.29, 0.717) is 40.4 Å². The number of rotatable bonds is 4. The molecule has 0 radical (unpaired) electrons. The van der Waals surface area contributed by atoms with Gasteiger partial charge in [0.1, 0.15) is 10.8 Å². The number of nitrogens with two attached hydrogens (primary N) is 1. The zero-order valence-corrected chi connectivity index (χ0v) is 21.9. The summed E-state index contributed by atoms with van der Waals surface area (Å²) in [5.74, 6) is -0.495. The van der Waals surface area contributed by atoms with Crippen molar-refractivity contribution in [2.24, 2.45) is 11.1 Å². The summed E-state index contributed by atoms with van der Waals surface area (Å²) in [7, 11) is 0. The van der Waals surface area contributed by atoms with Crippen LogP contribution in [0.4, 0.5) is 5.00 Å². The molecule has 2 aromatic rings. The molecule has 3 aliphatic rings. The third-order valence-corrected chi connectivity index (χ3v) is 9.26. The third kappa shape index (κ3) is 3.91. The van der Waals surface area contributed by atoms with Gasteiger partial charge in [0.2, 0.25) is 0 Å². The molecule has 0 amide bonds. The number of fused-ring (bicyclic) bond motifs is 1. The Bertz CT molecular complexity index is 1310. The Kier molecular flexibility index (Phi) is 6.10. The summed E-state index contributed by atoms with van der Waals surface area (Å²) in [6.07, 6.45) is 4.85. The number of allylic oxidation sites excluding steroid dienone is 3. The number of anilines is 1. The number of hydrogen-bond donors (Lipinski definition) is 1. The SMILES string of the molecule is CCOC(=O)c1c(N2C(N)=C(C#N)[C@H](c3cccs3)C3=C2CC(C)(C)CC3=O)sc2c1CCCC2. The van der Waals surface area contributed by atoms with E-state index in [1.807, 2.05) is 22.4 Å². The summed E-state index contributed by atoms with van der Waals surface area (Å²) >= 11 is 3.08. The van der Waals surface area contributed by atoms with Crippen LogP contribution in [-0.4, -0.2) is 18.4 Å². The second kappa shape index (κ2) is 8.96. The van der Waals surface area contributed by atoms with Crippen LogP contribution in [0.2, 0.25) is 0 Å². The van der Waals surface area contributed by atoms with Gasteiger partial charge in [-0.05, 0) is 61.5 Å². The Morgan fingerprint density at radius 2 is 2.09 bits per heavy atom. The molecule has 5 rings (SSSR count). The number of nitrogens with zero attached hydrogens (tertiary/aromatic N) is 2. The van der Waals surface area contributed by atoms with Crippen LogP contribution in [0.1, 0.15) is 78.0 Å². The third-order valence-electron chi connectivity index (χ3n) is 7.04. The summed E-state index contributed by atoms with van der Waals surface area (Å²) in [6, 6.07) is 6.21. The van der Waals surface area contributed by atoms with Crippen LogP contribution in [0.3, 0.4) is 0 Å². The van der Waals surface area contributed by atoms with Gasteiger partial charge in [0.25, 0.3) is 0 Å². The minimum absolute atomic E-state index is 0.0407. The maximum atomic E-state index is 13.7. The number of nitriles is 1. The normalized spacial score (nSPS) is 21.5. The fourth-order valence-electron chi connectivity index (χ4n) is 5.60. The number of hydrogen-bond acceptors (Lipinski definition) is 8. The molecule has 1 atom stereocenters. The first-order valence-corrected chi connectivity index (χ1v) is 13.8. The lowest BCUT2D eigenvalue weighted by Crippen LogP contribution is -2.42. The molecule has 3 heterocycles. The fraction of sp³-hybridized carbons (Fsp3) is 0.444. The number of esters is 1. The van der Waals surface area contributed by atoms with Crippen molar-refractivity contribution in [3.05, 3.63) is 61.1 Å². The van der Waals surface area contributed by atoms with E-state index in [9.17, 15) is 14.9 Å². The molecule has 0 bridgehead atoms. The largest absolute Gasteiger partial charge is 0.462 e. The number of ketones is 1. The van der Waals surface area contributed by atoms with Crippen LogP contribution >= 0.6 is 22.7 Å². The highest BCUT2D eigenvalue weighted by Gasteiger charge is 2.46. The van der Waals surface area contributed by atoms with E-state index in [1.165, 1.54) is 16.2 Å². The van der Waals surface area contributed by atoms with Gasteiger partial charge in [-0.15, -0.1) is 22.7 Å². The standard InChI is InChI=1S/C27H29N3O3S2/c1-4-33-26(32)22-15-8-5-6-9-19(15)35-25(22)30-17-12-27(2,3)13-18(31)23(17)21(16(14-28)24(30)29)20-10-7-11-34-20/h7,10-11,21H,4-6,8-9,12-13,29H2,1-3H3/t21-/m1/s1. The first-order chi connectivity index (χ1) is 16.8. The van der Waals surface area contributed by atoms with E-state index in [2.05, 4.69) is 19.9 Å². The lowest BCUT2D eigenvalue weighted by atomic mass is 9.70. The molecule has 35 heavy (non-hydrogen) atoms. The molecule has 0 spiro atoms. The summed E-state index contributed by atoms with van der Waals surface area (Å²) in [4.78, 5) is 30.9. The Morgan fingerprint density at radius 1 is 1.31 bits per heavy atom. The van der Waals surface area contributed by atoms with Crippen molar-refractivity contribution in [1.29, 1.82) is 5.26 Å². The van der Waals surface area contributed by atoms with Crippen molar-refractivity contribution in [2.75, 3.05) is 11.5 Å². The number of aryl methyl sites for hydroxylation is 1. The van der Waals surface area contributed by atoms with Crippen molar-refractivity contribution in [3.8, 4) is 6.07 Å². The highest BCUT2D eigenvalue weighted by atomic mass is 32.1. The maximum absolute atomic E-state index is 13.7. The highest BCUT2D eigenvalue weighted by molar-refractivity contribution is 7.16. The van der Waals surface area contributed by atoms with Crippen molar-refractivity contribution in [3.63, 3.8) is 0 Å². The van der Waals surface area contributed by atoms with Crippen molar-refractivity contribution >= 4 is 39.4 Å². The van der Waals surface area contributed by atoms with Crippen molar-refractivity contribution in [2.45, 2.75) is 65.2 Å². The summed E-state index contributed by atoms with van der Waals surface area (Å²) < 4.78 is 5.49. The molecule has 6 nitrogen and oxygen atoms in total. The van der Waals surface area contributed by atoms with Crippen LogP contribution in [-0.2, 0) is 22.4 Å². The highest BCUT2D eigenvalue weighted by Crippen LogP contribution is 2.53. The van der Waals surface area contributed by atoms with Crippen LogP contribution in [0.25, 0.3) is 0 Å². The Balaban J connectivity index is 1.79. The number of carbonyl (C=O) groups is 2. The molecule has 2 N–H and O–H groups in total. The van der Waals surface area contributed by atoms with Gasteiger partial charge in [-0.1, -0.05) is 19.9 Å². The molecule has 0 unspecified atom stereocenters. The average molecular weight is 508 g/mol. The van der Waals surface area contributed by atoms with E-state index < -0.39 is 5.92 Å². The average Bonchev–Trinajstić information content (AvgIpc) is 3.45. The van der Waals surface area contributed by atoms with Gasteiger partial charge in [0, 0.05) is 27.4 Å². The van der Waals surface area contributed by atoms with E-state index in [4.69, 9.17) is 10.5 Å². The minimum atomic E-state index is -0.476. The molecule has 8 heteroatoms. The predicted molar refractivity (Wildman–Crippen MR) is 138 cm³/mol. The van der Waals surface area contributed by atoms with Crippen LogP contribution in [0, 0.1) is 16.7 Å². The maximum Gasteiger partial charge on any atom is 0.341 e. The van der Waals surface area contributed by atoms with Crippen LogP contribution in [0.5, 0.6) is 0 Å². The molecular weight excluding hydrogens is 478 g/mol. The zero-order valence-electron chi connectivity index (χ0n) is 20.3. The minimum Gasteiger partial charge on any atom is -0.462 e. The molecule has 182 valence electrons. The van der Waals surface area contributed by atoms with Gasteiger partial charge in [-0.2, -0.15) is 5.26 Å². The molecule has 0 fully saturated rings. The van der Waals surface area contributed by atoms with Gasteiger partial charge >= 0.3 is 5.97 Å². The monoisotopic (exact) mass is 507 g/mol. The number of ether oxygens (including phenoxy) is 1. The number of carbonyl (C=O) groups excluding carboxylic acids is 2.